The average molecular weight is 216 g/mol. The number of nitrogens with zero attached hydrogens (tertiary/aromatic N) is 1. The highest BCUT2D eigenvalue weighted by Gasteiger charge is 2.04. The van der Waals surface area contributed by atoms with E-state index in [-0.39, 0.29) is 0 Å². The first kappa shape index (κ1) is 10.9. The Kier molecular flexibility index (Phi) is 4.60. The van der Waals surface area contributed by atoms with Crippen molar-refractivity contribution in [2.24, 2.45) is 0 Å². The molecule has 0 radical (unpaired) electrons. The highest BCUT2D eigenvalue weighted by molar-refractivity contribution is 7.99. The zero-order valence-corrected chi connectivity index (χ0v) is 9.53. The number of aryl methyl sites for hydroxylation is 1. The van der Waals surface area contributed by atoms with Crippen molar-refractivity contribution in [2.75, 3.05) is 5.88 Å². The van der Waals surface area contributed by atoms with E-state index in [0.29, 0.717) is 5.25 Å². The van der Waals surface area contributed by atoms with E-state index in [0.717, 1.165) is 17.3 Å². The molecule has 0 bridgehead atoms. The minimum absolute atomic E-state index is 0.548. The Hall–Kier alpha value is -0.210. The Morgan fingerprint density at radius 1 is 1.62 bits per heavy atom. The molecule has 0 aliphatic rings. The van der Waals surface area contributed by atoms with Crippen molar-refractivity contribution >= 4 is 23.4 Å². The molecule has 72 valence electrons. The van der Waals surface area contributed by atoms with Crippen molar-refractivity contribution in [3.05, 3.63) is 23.9 Å². The molecule has 1 unspecified atom stereocenters. The van der Waals surface area contributed by atoms with E-state index in [1.54, 1.807) is 11.8 Å². The van der Waals surface area contributed by atoms with Crippen LogP contribution < -0.4 is 0 Å². The molecule has 0 spiro atoms. The minimum atomic E-state index is 0.548. The van der Waals surface area contributed by atoms with Gasteiger partial charge in [0.2, 0.25) is 0 Å². The van der Waals surface area contributed by atoms with E-state index in [4.69, 9.17) is 11.6 Å². The third kappa shape index (κ3) is 4.01. The molecule has 0 fully saturated rings. The number of halogens is 1. The summed E-state index contributed by atoms with van der Waals surface area (Å²) in [5.41, 5.74) is 1.26. The summed E-state index contributed by atoms with van der Waals surface area (Å²) in [4.78, 5) is 4.28. The van der Waals surface area contributed by atoms with Crippen LogP contribution in [0.2, 0.25) is 0 Å². The van der Waals surface area contributed by atoms with E-state index in [9.17, 15) is 0 Å². The molecular weight excluding hydrogens is 202 g/mol. The van der Waals surface area contributed by atoms with Crippen LogP contribution in [0.25, 0.3) is 0 Å². The fourth-order valence-electron chi connectivity index (χ4n) is 0.992. The molecule has 13 heavy (non-hydrogen) atoms. The van der Waals surface area contributed by atoms with Crippen LogP contribution in [0.15, 0.2) is 23.4 Å². The van der Waals surface area contributed by atoms with Crippen LogP contribution in [-0.4, -0.2) is 16.1 Å². The SMILES string of the molecule is Cc1ccnc(SC(C)CCCl)c1. The fourth-order valence-corrected chi connectivity index (χ4v) is 2.47. The number of rotatable bonds is 4. The van der Waals surface area contributed by atoms with Gasteiger partial charge in [-0.15, -0.1) is 23.4 Å². The first-order valence-corrected chi connectivity index (χ1v) is 5.79. The van der Waals surface area contributed by atoms with Crippen molar-refractivity contribution < 1.29 is 0 Å². The third-order valence-corrected chi connectivity index (χ3v) is 3.05. The van der Waals surface area contributed by atoms with Gasteiger partial charge in [-0.3, -0.25) is 0 Å². The molecule has 1 nitrogen and oxygen atoms in total. The molecule has 0 N–H and O–H groups in total. The van der Waals surface area contributed by atoms with Crippen LogP contribution in [0.1, 0.15) is 18.9 Å². The van der Waals surface area contributed by atoms with Gasteiger partial charge in [-0.2, -0.15) is 0 Å². The largest absolute Gasteiger partial charge is 0.250 e. The van der Waals surface area contributed by atoms with Crippen LogP contribution in [-0.2, 0) is 0 Å². The average Bonchev–Trinajstić information content (AvgIpc) is 2.04. The van der Waals surface area contributed by atoms with Crippen LogP contribution >= 0.6 is 23.4 Å². The first-order valence-electron chi connectivity index (χ1n) is 4.37. The second-order valence-corrected chi connectivity index (χ2v) is 4.91. The topological polar surface area (TPSA) is 12.9 Å². The molecule has 3 heteroatoms. The number of hydrogen-bond donors (Lipinski definition) is 0. The van der Waals surface area contributed by atoms with Crippen molar-refractivity contribution in [3.63, 3.8) is 0 Å². The Bertz CT molecular complexity index is 265. The highest BCUT2D eigenvalue weighted by atomic mass is 35.5. The number of thioether (sulfide) groups is 1. The maximum atomic E-state index is 5.66. The smallest absolute Gasteiger partial charge is 0.0965 e. The monoisotopic (exact) mass is 215 g/mol. The molecule has 0 saturated heterocycles. The second kappa shape index (κ2) is 5.51. The molecule has 1 rings (SSSR count). The van der Waals surface area contributed by atoms with Gasteiger partial charge in [0.1, 0.15) is 0 Å². The molecule has 0 saturated carbocycles. The van der Waals surface area contributed by atoms with Gasteiger partial charge >= 0.3 is 0 Å². The van der Waals surface area contributed by atoms with Crippen LogP contribution in [0, 0.1) is 6.92 Å². The minimum Gasteiger partial charge on any atom is -0.250 e. The fraction of sp³-hybridized carbons (Fsp3) is 0.500. The molecule has 0 amide bonds. The first-order chi connectivity index (χ1) is 6.22. The van der Waals surface area contributed by atoms with E-state index in [2.05, 4.69) is 24.9 Å². The van der Waals surface area contributed by atoms with Gasteiger partial charge in [0.15, 0.2) is 0 Å². The van der Waals surface area contributed by atoms with Gasteiger partial charge in [-0.25, -0.2) is 4.98 Å². The Labute approximate surface area is 88.9 Å². The lowest BCUT2D eigenvalue weighted by Crippen LogP contribution is -1.97. The Morgan fingerprint density at radius 2 is 2.38 bits per heavy atom. The van der Waals surface area contributed by atoms with Crippen LogP contribution in [0.4, 0.5) is 0 Å². The molecule has 0 aliphatic carbocycles. The molecular formula is C10H14ClNS. The van der Waals surface area contributed by atoms with Crippen molar-refractivity contribution in [3.8, 4) is 0 Å². The van der Waals surface area contributed by atoms with Crippen molar-refractivity contribution in [2.45, 2.75) is 30.5 Å². The zero-order chi connectivity index (χ0) is 9.68. The normalized spacial score (nSPS) is 12.8. The quantitative estimate of drug-likeness (QED) is 0.563. The highest BCUT2D eigenvalue weighted by Crippen LogP contribution is 2.23. The van der Waals surface area contributed by atoms with Crippen LogP contribution in [0.5, 0.6) is 0 Å². The summed E-state index contributed by atoms with van der Waals surface area (Å²) in [5, 5.41) is 1.64. The molecule has 1 atom stereocenters. The number of alkyl halides is 1. The van der Waals surface area contributed by atoms with Gasteiger partial charge in [0.25, 0.3) is 0 Å². The lowest BCUT2D eigenvalue weighted by molar-refractivity contribution is 0.907. The maximum Gasteiger partial charge on any atom is 0.0965 e. The van der Waals surface area contributed by atoms with E-state index in [1.165, 1.54) is 5.56 Å². The maximum absolute atomic E-state index is 5.66. The van der Waals surface area contributed by atoms with Gasteiger partial charge in [0, 0.05) is 17.3 Å². The molecule has 0 aliphatic heterocycles. The number of hydrogen-bond acceptors (Lipinski definition) is 2. The Balaban J connectivity index is 2.53. The van der Waals surface area contributed by atoms with Crippen molar-refractivity contribution in [1.29, 1.82) is 0 Å². The van der Waals surface area contributed by atoms with Crippen LogP contribution in [0.3, 0.4) is 0 Å². The van der Waals surface area contributed by atoms with Gasteiger partial charge in [0.05, 0.1) is 5.03 Å². The molecule has 1 heterocycles. The molecule has 0 aromatic carbocycles. The zero-order valence-electron chi connectivity index (χ0n) is 7.96. The van der Waals surface area contributed by atoms with Crippen molar-refractivity contribution in [1.82, 2.24) is 4.98 Å². The summed E-state index contributed by atoms with van der Waals surface area (Å²) in [7, 11) is 0. The van der Waals surface area contributed by atoms with E-state index >= 15 is 0 Å². The van der Waals surface area contributed by atoms with Gasteiger partial charge in [-0.05, 0) is 31.0 Å². The number of aromatic nitrogens is 1. The Morgan fingerprint density at radius 3 is 3.00 bits per heavy atom. The summed E-state index contributed by atoms with van der Waals surface area (Å²) in [6.07, 6.45) is 2.88. The summed E-state index contributed by atoms with van der Waals surface area (Å²) in [6.45, 7) is 4.26. The van der Waals surface area contributed by atoms with E-state index in [1.807, 2.05) is 12.3 Å². The van der Waals surface area contributed by atoms with Gasteiger partial charge in [-0.1, -0.05) is 6.92 Å². The van der Waals surface area contributed by atoms with E-state index < -0.39 is 0 Å². The summed E-state index contributed by atoms with van der Waals surface area (Å²) in [6, 6.07) is 4.12. The predicted octanol–water partition coefficient (Wildman–Crippen LogP) is 3.50. The second-order valence-electron chi connectivity index (χ2n) is 3.08. The van der Waals surface area contributed by atoms with Gasteiger partial charge < -0.3 is 0 Å². The predicted molar refractivity (Wildman–Crippen MR) is 59.6 cm³/mol. The third-order valence-electron chi connectivity index (χ3n) is 1.73. The number of pyridine rings is 1. The summed E-state index contributed by atoms with van der Waals surface area (Å²) < 4.78 is 0. The lowest BCUT2D eigenvalue weighted by Gasteiger charge is -2.08. The molecule has 1 aromatic rings. The lowest BCUT2D eigenvalue weighted by atomic mass is 10.3. The molecule has 1 aromatic heterocycles. The summed E-state index contributed by atoms with van der Waals surface area (Å²) in [5.74, 6) is 0.722. The standard InChI is InChI=1S/C10H14ClNS/c1-8-4-6-12-10(7-8)13-9(2)3-5-11/h4,6-7,9H,3,5H2,1-2H3. The summed E-state index contributed by atoms with van der Waals surface area (Å²) >= 11 is 7.45.